The van der Waals surface area contributed by atoms with Crippen molar-refractivity contribution in [1.29, 1.82) is 0 Å². The van der Waals surface area contributed by atoms with E-state index in [0.29, 0.717) is 10.7 Å². The Morgan fingerprint density at radius 2 is 1.96 bits per heavy atom. The lowest BCUT2D eigenvalue weighted by Crippen LogP contribution is -2.16. The molecule has 0 unspecified atom stereocenters. The summed E-state index contributed by atoms with van der Waals surface area (Å²) in [5.41, 5.74) is 3.80. The van der Waals surface area contributed by atoms with Crippen molar-refractivity contribution in [1.82, 2.24) is 9.55 Å². The average Bonchev–Trinajstić information content (AvgIpc) is 3.02. The van der Waals surface area contributed by atoms with Crippen molar-refractivity contribution >= 4 is 47.4 Å². The number of H-pyrrole nitrogens is 1. The SMILES string of the molecule is Cc1ccc2c(c1)C(=Cc1c(O)n(-c3ccc(Cl)cc3)c(=S)[nH]c1=O)C=N2. The lowest BCUT2D eigenvalue weighted by molar-refractivity contribution is 0.432. The van der Waals surface area contributed by atoms with E-state index in [1.54, 1.807) is 36.6 Å². The van der Waals surface area contributed by atoms with E-state index >= 15 is 0 Å². The minimum absolute atomic E-state index is 0.0957. The van der Waals surface area contributed by atoms with Gasteiger partial charge >= 0.3 is 0 Å². The smallest absolute Gasteiger partial charge is 0.262 e. The number of aliphatic imine (C=N–C) groups is 1. The molecule has 0 saturated heterocycles. The maximum absolute atomic E-state index is 12.5. The summed E-state index contributed by atoms with van der Waals surface area (Å²) in [6, 6.07) is 12.7. The summed E-state index contributed by atoms with van der Waals surface area (Å²) >= 11 is 11.2. The molecule has 0 spiro atoms. The summed E-state index contributed by atoms with van der Waals surface area (Å²) < 4.78 is 1.49. The summed E-state index contributed by atoms with van der Waals surface area (Å²) in [7, 11) is 0. The number of hydrogen-bond acceptors (Lipinski definition) is 4. The van der Waals surface area contributed by atoms with Crippen LogP contribution in [0.2, 0.25) is 5.02 Å². The Labute approximate surface area is 164 Å². The zero-order valence-electron chi connectivity index (χ0n) is 14.2. The number of nitrogens with one attached hydrogen (secondary N) is 1. The number of benzene rings is 2. The Balaban J connectivity index is 1.91. The van der Waals surface area contributed by atoms with Gasteiger partial charge in [0, 0.05) is 22.4 Å². The Morgan fingerprint density at radius 1 is 1.22 bits per heavy atom. The van der Waals surface area contributed by atoms with Gasteiger partial charge in [-0.3, -0.25) is 19.3 Å². The van der Waals surface area contributed by atoms with Gasteiger partial charge in [0.05, 0.1) is 11.4 Å². The fourth-order valence-electron chi connectivity index (χ4n) is 2.97. The van der Waals surface area contributed by atoms with Crippen LogP contribution >= 0.6 is 23.8 Å². The first-order valence-corrected chi connectivity index (χ1v) is 8.94. The number of rotatable bonds is 2. The second kappa shape index (κ2) is 6.64. The number of nitrogens with zero attached hydrogens (tertiary/aromatic N) is 2. The highest BCUT2D eigenvalue weighted by Crippen LogP contribution is 2.34. The minimum Gasteiger partial charge on any atom is -0.494 e. The third kappa shape index (κ3) is 3.13. The zero-order chi connectivity index (χ0) is 19.1. The number of hydrogen-bond donors (Lipinski definition) is 2. The maximum Gasteiger partial charge on any atom is 0.262 e. The van der Waals surface area contributed by atoms with Crippen molar-refractivity contribution in [2.45, 2.75) is 6.92 Å². The van der Waals surface area contributed by atoms with Crippen molar-refractivity contribution in [3.05, 3.63) is 79.3 Å². The minimum atomic E-state index is -0.468. The van der Waals surface area contributed by atoms with Crippen LogP contribution in [0.3, 0.4) is 0 Å². The van der Waals surface area contributed by atoms with Crippen LogP contribution in [0.15, 0.2) is 52.3 Å². The molecule has 1 aromatic heterocycles. The first-order chi connectivity index (χ1) is 12.9. The van der Waals surface area contributed by atoms with E-state index in [0.717, 1.165) is 22.4 Å². The molecule has 27 heavy (non-hydrogen) atoms. The van der Waals surface area contributed by atoms with Crippen LogP contribution in [0.25, 0.3) is 17.3 Å². The number of aromatic nitrogens is 2. The quantitative estimate of drug-likeness (QED) is 0.611. The molecule has 4 rings (SSSR count). The summed E-state index contributed by atoms with van der Waals surface area (Å²) in [6.45, 7) is 1.99. The predicted molar refractivity (Wildman–Crippen MR) is 111 cm³/mol. The Hall–Kier alpha value is -2.96. The van der Waals surface area contributed by atoms with Crippen LogP contribution in [-0.4, -0.2) is 20.9 Å². The van der Waals surface area contributed by atoms with Crippen LogP contribution in [0.5, 0.6) is 5.88 Å². The normalized spacial score (nSPS) is 13.9. The van der Waals surface area contributed by atoms with Gasteiger partial charge in [-0.25, -0.2) is 0 Å². The fourth-order valence-corrected chi connectivity index (χ4v) is 3.38. The zero-order valence-corrected chi connectivity index (χ0v) is 15.8. The Bertz CT molecular complexity index is 1240. The highest BCUT2D eigenvalue weighted by Gasteiger charge is 2.17. The molecule has 0 saturated carbocycles. The Kier molecular flexibility index (Phi) is 4.30. The lowest BCUT2D eigenvalue weighted by atomic mass is 10.0. The molecule has 0 bridgehead atoms. The highest BCUT2D eigenvalue weighted by atomic mass is 35.5. The second-order valence-corrected chi connectivity index (χ2v) is 7.01. The van der Waals surface area contributed by atoms with E-state index in [-0.39, 0.29) is 16.2 Å². The van der Waals surface area contributed by atoms with Crippen molar-refractivity contribution in [2.75, 3.05) is 0 Å². The first-order valence-electron chi connectivity index (χ1n) is 8.15. The molecule has 0 radical (unpaired) electrons. The fraction of sp³-hybridized carbons (Fsp3) is 0.0500. The molecular formula is C20H14ClN3O2S. The third-order valence-corrected chi connectivity index (χ3v) is 4.85. The van der Waals surface area contributed by atoms with Crippen LogP contribution < -0.4 is 5.56 Å². The molecule has 5 nitrogen and oxygen atoms in total. The van der Waals surface area contributed by atoms with E-state index in [2.05, 4.69) is 9.98 Å². The second-order valence-electron chi connectivity index (χ2n) is 6.19. The van der Waals surface area contributed by atoms with Gasteiger partial charge in [0.25, 0.3) is 5.56 Å². The van der Waals surface area contributed by atoms with Crippen molar-refractivity contribution in [3.8, 4) is 11.6 Å². The van der Waals surface area contributed by atoms with Gasteiger partial charge in [-0.2, -0.15) is 0 Å². The van der Waals surface area contributed by atoms with Gasteiger partial charge in [0.1, 0.15) is 5.56 Å². The summed E-state index contributed by atoms with van der Waals surface area (Å²) in [4.78, 5) is 19.4. The molecule has 2 N–H and O–H groups in total. The van der Waals surface area contributed by atoms with Crippen LogP contribution in [-0.2, 0) is 0 Å². The molecule has 1 aliphatic heterocycles. The van der Waals surface area contributed by atoms with E-state index in [1.807, 2.05) is 25.1 Å². The van der Waals surface area contributed by atoms with Gasteiger partial charge in [0.15, 0.2) is 4.77 Å². The van der Waals surface area contributed by atoms with Crippen molar-refractivity contribution in [2.24, 2.45) is 4.99 Å². The molecule has 2 heterocycles. The largest absolute Gasteiger partial charge is 0.494 e. The van der Waals surface area contributed by atoms with Crippen molar-refractivity contribution < 1.29 is 5.11 Å². The number of halogens is 1. The van der Waals surface area contributed by atoms with Gasteiger partial charge < -0.3 is 5.11 Å². The van der Waals surface area contributed by atoms with Gasteiger partial charge in [-0.1, -0.05) is 23.2 Å². The molecule has 0 amide bonds. The van der Waals surface area contributed by atoms with Crippen molar-refractivity contribution in [3.63, 3.8) is 0 Å². The van der Waals surface area contributed by atoms with Crippen LogP contribution in [0.1, 0.15) is 16.7 Å². The molecule has 0 atom stereocenters. The summed E-state index contributed by atoms with van der Waals surface area (Å²) in [5, 5.41) is 11.4. The Morgan fingerprint density at radius 3 is 2.70 bits per heavy atom. The van der Waals surface area contributed by atoms with Crippen LogP contribution in [0, 0.1) is 11.7 Å². The predicted octanol–water partition coefficient (Wildman–Crippen LogP) is 4.82. The van der Waals surface area contributed by atoms with Gasteiger partial charge in [-0.05, 0) is 61.6 Å². The van der Waals surface area contributed by atoms with E-state index < -0.39 is 5.56 Å². The van der Waals surface area contributed by atoms with E-state index in [1.165, 1.54) is 4.57 Å². The lowest BCUT2D eigenvalue weighted by Gasteiger charge is -2.12. The molecular weight excluding hydrogens is 382 g/mol. The number of allylic oxidation sites excluding steroid dienone is 1. The standard InChI is InChI=1S/C20H14ClN3O2S/c1-11-2-7-17-15(8-11)12(10-22-17)9-16-18(25)23-20(27)24(19(16)26)14-5-3-13(21)4-6-14/h2-10,26H,1H3,(H,23,25,27). The topological polar surface area (TPSA) is 70.4 Å². The van der Waals surface area contributed by atoms with Crippen LogP contribution in [0.4, 0.5) is 5.69 Å². The van der Waals surface area contributed by atoms with E-state index in [4.69, 9.17) is 23.8 Å². The molecule has 0 fully saturated rings. The van der Waals surface area contributed by atoms with Gasteiger partial charge in [-0.15, -0.1) is 0 Å². The molecule has 134 valence electrons. The molecule has 7 heteroatoms. The molecule has 3 aromatic rings. The number of fused-ring (bicyclic) bond motifs is 1. The van der Waals surface area contributed by atoms with E-state index in [9.17, 15) is 9.90 Å². The summed E-state index contributed by atoms with van der Waals surface area (Å²) in [5.74, 6) is -0.243. The number of aromatic hydroxyl groups is 1. The average molecular weight is 396 g/mol. The third-order valence-electron chi connectivity index (χ3n) is 4.31. The highest BCUT2D eigenvalue weighted by molar-refractivity contribution is 7.71. The number of aryl methyl sites for hydroxylation is 1. The molecule has 1 aliphatic rings. The summed E-state index contributed by atoms with van der Waals surface area (Å²) in [6.07, 6.45) is 3.29. The monoisotopic (exact) mass is 395 g/mol. The molecule has 2 aromatic carbocycles. The van der Waals surface area contributed by atoms with Gasteiger partial charge in [0.2, 0.25) is 5.88 Å². The first kappa shape index (κ1) is 17.5. The number of aromatic amines is 1. The molecule has 0 aliphatic carbocycles. The maximum atomic E-state index is 12.5.